The second-order valence-corrected chi connectivity index (χ2v) is 5.70. The Labute approximate surface area is 123 Å². The summed E-state index contributed by atoms with van der Waals surface area (Å²) in [4.78, 5) is 10.5. The van der Waals surface area contributed by atoms with Crippen molar-refractivity contribution in [1.29, 1.82) is 0 Å². The summed E-state index contributed by atoms with van der Waals surface area (Å²) in [6.45, 7) is 1.35. The van der Waals surface area contributed by atoms with E-state index in [-0.39, 0.29) is 10.6 Å². The molecule has 0 amide bonds. The van der Waals surface area contributed by atoms with Crippen molar-refractivity contribution in [1.82, 2.24) is 5.32 Å². The second kappa shape index (κ2) is 5.99. The summed E-state index contributed by atoms with van der Waals surface area (Å²) in [5.74, 6) is 1.37. The van der Waals surface area contributed by atoms with E-state index in [9.17, 15) is 10.1 Å². The Balaban J connectivity index is 1.68. The number of ether oxygens (including phenoxy) is 2. The fourth-order valence-electron chi connectivity index (χ4n) is 2.98. The Hall–Kier alpha value is -1.66. The molecule has 2 fully saturated rings. The molecule has 21 heavy (non-hydrogen) atoms. The van der Waals surface area contributed by atoms with Crippen LogP contribution in [0.15, 0.2) is 18.2 Å². The molecule has 1 aromatic rings. The average molecular weight is 292 g/mol. The van der Waals surface area contributed by atoms with Crippen LogP contribution in [-0.2, 0) is 11.3 Å². The van der Waals surface area contributed by atoms with Crippen molar-refractivity contribution < 1.29 is 14.4 Å². The minimum absolute atomic E-state index is 0.0917. The third kappa shape index (κ3) is 3.16. The Morgan fingerprint density at radius 2 is 2.24 bits per heavy atom. The number of nitrogens with zero attached hydrogens (tertiary/aromatic N) is 1. The van der Waals surface area contributed by atoms with E-state index in [1.807, 2.05) is 0 Å². The molecule has 1 saturated carbocycles. The van der Waals surface area contributed by atoms with Gasteiger partial charge in [0.1, 0.15) is 5.75 Å². The second-order valence-electron chi connectivity index (χ2n) is 5.70. The van der Waals surface area contributed by atoms with Gasteiger partial charge in [-0.1, -0.05) is 0 Å². The molecule has 1 saturated heterocycles. The minimum Gasteiger partial charge on any atom is -0.496 e. The maximum absolute atomic E-state index is 10.9. The normalized spacial score (nSPS) is 25.0. The number of benzene rings is 1. The van der Waals surface area contributed by atoms with Crippen LogP contribution in [0.3, 0.4) is 0 Å². The lowest BCUT2D eigenvalue weighted by Crippen LogP contribution is -2.37. The molecule has 1 heterocycles. The molecule has 2 aliphatic rings. The van der Waals surface area contributed by atoms with Gasteiger partial charge in [0, 0.05) is 36.9 Å². The Morgan fingerprint density at radius 1 is 1.43 bits per heavy atom. The van der Waals surface area contributed by atoms with E-state index < -0.39 is 0 Å². The Morgan fingerprint density at radius 3 is 2.90 bits per heavy atom. The van der Waals surface area contributed by atoms with E-state index in [0.29, 0.717) is 30.4 Å². The van der Waals surface area contributed by atoms with Gasteiger partial charge in [-0.2, -0.15) is 0 Å². The summed E-state index contributed by atoms with van der Waals surface area (Å²) < 4.78 is 11.1. The molecule has 1 aliphatic heterocycles. The lowest BCUT2D eigenvalue weighted by molar-refractivity contribution is -0.384. The van der Waals surface area contributed by atoms with Gasteiger partial charge in [0.15, 0.2) is 0 Å². The first kappa shape index (κ1) is 14.3. The van der Waals surface area contributed by atoms with Gasteiger partial charge >= 0.3 is 0 Å². The number of hydrogen-bond donors (Lipinski definition) is 1. The van der Waals surface area contributed by atoms with Crippen LogP contribution < -0.4 is 10.1 Å². The first-order chi connectivity index (χ1) is 10.2. The third-order valence-electron chi connectivity index (χ3n) is 4.25. The first-order valence-electron chi connectivity index (χ1n) is 7.35. The summed E-state index contributed by atoms with van der Waals surface area (Å²) in [7, 11) is 1.58. The summed E-state index contributed by atoms with van der Waals surface area (Å²) in [6.07, 6.45) is 3.80. The molecular weight excluding hydrogens is 272 g/mol. The van der Waals surface area contributed by atoms with Crippen LogP contribution in [0.4, 0.5) is 5.69 Å². The molecule has 3 rings (SSSR count). The van der Waals surface area contributed by atoms with Crippen LogP contribution in [-0.4, -0.2) is 30.8 Å². The molecular formula is C15H20N2O4. The molecule has 0 bridgehead atoms. The van der Waals surface area contributed by atoms with E-state index in [0.717, 1.165) is 18.6 Å². The van der Waals surface area contributed by atoms with Gasteiger partial charge < -0.3 is 14.8 Å². The maximum atomic E-state index is 10.9. The average Bonchev–Trinajstić information content (AvgIpc) is 3.23. The van der Waals surface area contributed by atoms with Gasteiger partial charge in [-0.05, 0) is 31.2 Å². The molecule has 0 radical (unpaired) electrons. The molecule has 1 N–H and O–H groups in total. The van der Waals surface area contributed by atoms with Crippen molar-refractivity contribution in [3.63, 3.8) is 0 Å². The zero-order valence-corrected chi connectivity index (χ0v) is 12.1. The highest BCUT2D eigenvalue weighted by Gasteiger charge is 2.40. The molecule has 6 heteroatoms. The number of nitrogens with one attached hydrogen (secondary N) is 1. The number of nitro benzene ring substituents is 1. The lowest BCUT2D eigenvalue weighted by atomic mass is 10.1. The lowest BCUT2D eigenvalue weighted by Gasteiger charge is -2.20. The standard InChI is InChI=1S/C15H20N2O4/c1-20-14-5-4-12(17(18)19)8-11(14)9-16-13-6-7-21-15(13)10-2-3-10/h4-5,8,10,13,15-16H,2-3,6-7,9H2,1H3. The van der Waals surface area contributed by atoms with Crippen molar-refractivity contribution >= 4 is 5.69 Å². The van der Waals surface area contributed by atoms with Crippen LogP contribution in [0, 0.1) is 16.0 Å². The van der Waals surface area contributed by atoms with Crippen LogP contribution >= 0.6 is 0 Å². The molecule has 0 aromatic heterocycles. The van der Waals surface area contributed by atoms with Crippen LogP contribution in [0.5, 0.6) is 5.75 Å². The van der Waals surface area contributed by atoms with E-state index in [1.54, 1.807) is 19.2 Å². The predicted octanol–water partition coefficient (Wildman–Crippen LogP) is 2.26. The maximum Gasteiger partial charge on any atom is 0.270 e. The molecule has 2 atom stereocenters. The quantitative estimate of drug-likeness (QED) is 0.643. The zero-order valence-electron chi connectivity index (χ0n) is 12.1. The van der Waals surface area contributed by atoms with E-state index in [2.05, 4.69) is 5.32 Å². The molecule has 0 spiro atoms. The van der Waals surface area contributed by atoms with E-state index in [4.69, 9.17) is 9.47 Å². The highest BCUT2D eigenvalue weighted by molar-refractivity contribution is 5.43. The van der Waals surface area contributed by atoms with Gasteiger partial charge in [0.2, 0.25) is 0 Å². The molecule has 114 valence electrons. The number of nitro groups is 1. The summed E-state index contributed by atoms with van der Waals surface area (Å²) >= 11 is 0. The summed E-state index contributed by atoms with van der Waals surface area (Å²) in [5, 5.41) is 14.4. The number of methoxy groups -OCH3 is 1. The van der Waals surface area contributed by atoms with Crippen molar-refractivity contribution in [2.45, 2.75) is 38.0 Å². The highest BCUT2D eigenvalue weighted by atomic mass is 16.6. The zero-order chi connectivity index (χ0) is 14.8. The summed E-state index contributed by atoms with van der Waals surface area (Å²) in [6, 6.07) is 5.03. The topological polar surface area (TPSA) is 73.6 Å². The SMILES string of the molecule is COc1ccc([N+](=O)[O-])cc1CNC1CCOC1C1CC1. The predicted molar refractivity (Wildman–Crippen MR) is 77.4 cm³/mol. The fraction of sp³-hybridized carbons (Fsp3) is 0.600. The smallest absolute Gasteiger partial charge is 0.270 e. The van der Waals surface area contributed by atoms with Crippen LogP contribution in [0.1, 0.15) is 24.8 Å². The minimum atomic E-state index is -0.380. The van der Waals surface area contributed by atoms with Crippen LogP contribution in [0.2, 0.25) is 0 Å². The number of non-ortho nitro benzene ring substituents is 1. The third-order valence-corrected chi connectivity index (χ3v) is 4.25. The fourth-order valence-corrected chi connectivity index (χ4v) is 2.98. The largest absolute Gasteiger partial charge is 0.496 e. The Kier molecular flexibility index (Phi) is 4.07. The monoisotopic (exact) mass is 292 g/mol. The van der Waals surface area contributed by atoms with Crippen molar-refractivity contribution in [3.05, 3.63) is 33.9 Å². The van der Waals surface area contributed by atoms with E-state index in [1.165, 1.54) is 18.9 Å². The van der Waals surface area contributed by atoms with Gasteiger partial charge in [0.05, 0.1) is 18.1 Å². The molecule has 2 unspecified atom stereocenters. The van der Waals surface area contributed by atoms with Crippen molar-refractivity contribution in [3.8, 4) is 5.75 Å². The molecule has 1 aromatic carbocycles. The van der Waals surface area contributed by atoms with Gasteiger partial charge in [-0.3, -0.25) is 10.1 Å². The first-order valence-corrected chi connectivity index (χ1v) is 7.35. The van der Waals surface area contributed by atoms with Crippen molar-refractivity contribution in [2.24, 2.45) is 5.92 Å². The number of hydrogen-bond acceptors (Lipinski definition) is 5. The Bertz CT molecular complexity index is 530. The van der Waals surface area contributed by atoms with Gasteiger partial charge in [-0.15, -0.1) is 0 Å². The summed E-state index contributed by atoms with van der Waals surface area (Å²) in [5.41, 5.74) is 0.905. The molecule has 1 aliphatic carbocycles. The van der Waals surface area contributed by atoms with Crippen molar-refractivity contribution in [2.75, 3.05) is 13.7 Å². The molecule has 6 nitrogen and oxygen atoms in total. The van der Waals surface area contributed by atoms with E-state index >= 15 is 0 Å². The van der Waals surface area contributed by atoms with Gasteiger partial charge in [0.25, 0.3) is 5.69 Å². The van der Waals surface area contributed by atoms with Gasteiger partial charge in [-0.25, -0.2) is 0 Å². The highest BCUT2D eigenvalue weighted by Crippen LogP contribution is 2.39. The number of rotatable bonds is 6. The van der Waals surface area contributed by atoms with Crippen LogP contribution in [0.25, 0.3) is 0 Å².